The molecule has 0 bridgehead atoms. The molecule has 0 aromatic heterocycles. The number of amides is 1. The molecule has 1 saturated heterocycles. The molecule has 0 spiro atoms. The Morgan fingerprint density at radius 3 is 2.58 bits per heavy atom. The van der Waals surface area contributed by atoms with Gasteiger partial charge in [0.2, 0.25) is 0 Å². The topological polar surface area (TPSA) is 55.8 Å². The largest absolute Gasteiger partial charge is 0.444 e. The third-order valence-corrected chi connectivity index (χ3v) is 2.82. The van der Waals surface area contributed by atoms with Gasteiger partial charge in [-0.25, -0.2) is 4.79 Å². The highest BCUT2D eigenvalue weighted by molar-refractivity contribution is 5.75. The summed E-state index contributed by atoms with van der Waals surface area (Å²) in [5.41, 5.74) is -0.461. The van der Waals surface area contributed by atoms with Crippen molar-refractivity contribution in [2.75, 3.05) is 19.7 Å². The molecule has 5 heteroatoms. The van der Waals surface area contributed by atoms with Crippen LogP contribution in [0, 0.1) is 0 Å². The summed E-state index contributed by atoms with van der Waals surface area (Å²) >= 11 is 0. The van der Waals surface area contributed by atoms with Crippen LogP contribution in [0.5, 0.6) is 0 Å². The van der Waals surface area contributed by atoms with Crippen LogP contribution >= 0.6 is 0 Å². The first-order valence-corrected chi connectivity index (χ1v) is 6.87. The maximum atomic E-state index is 11.8. The van der Waals surface area contributed by atoms with E-state index in [1.165, 1.54) is 0 Å². The molecule has 1 rings (SSSR count). The van der Waals surface area contributed by atoms with Gasteiger partial charge in [0.25, 0.3) is 0 Å². The summed E-state index contributed by atoms with van der Waals surface area (Å²) in [7, 11) is 0. The molecule has 110 valence electrons. The number of ketones is 1. The molecule has 0 saturated carbocycles. The van der Waals surface area contributed by atoms with Crippen LogP contribution in [0.25, 0.3) is 0 Å². The van der Waals surface area contributed by atoms with E-state index in [0.29, 0.717) is 26.1 Å². The highest BCUT2D eigenvalue weighted by Gasteiger charge is 2.29. The van der Waals surface area contributed by atoms with Crippen LogP contribution < -0.4 is 0 Å². The molecule has 0 radical (unpaired) electrons. The van der Waals surface area contributed by atoms with Gasteiger partial charge in [-0.3, -0.25) is 0 Å². The molecular formula is C14H25NO4. The van der Waals surface area contributed by atoms with Gasteiger partial charge in [0.15, 0.2) is 0 Å². The van der Waals surface area contributed by atoms with Crippen molar-refractivity contribution in [3.05, 3.63) is 0 Å². The fourth-order valence-corrected chi connectivity index (χ4v) is 1.93. The molecule has 0 aromatic carbocycles. The molecule has 0 N–H and O–H groups in total. The SMILES string of the molecule is CC(=O)CCCO[C@H]1CCN(C(=O)OC(C)(C)C)C1. The molecule has 1 fully saturated rings. The predicted octanol–water partition coefficient (Wildman–Crippen LogP) is 2.38. The zero-order valence-electron chi connectivity index (χ0n) is 12.4. The maximum absolute atomic E-state index is 11.8. The van der Waals surface area contributed by atoms with E-state index in [4.69, 9.17) is 9.47 Å². The Balaban J connectivity index is 2.22. The number of likely N-dealkylation sites (tertiary alicyclic amines) is 1. The lowest BCUT2D eigenvalue weighted by Crippen LogP contribution is -2.36. The fraction of sp³-hybridized carbons (Fsp3) is 0.857. The average Bonchev–Trinajstić information content (AvgIpc) is 2.70. The Bertz CT molecular complexity index is 322. The number of ether oxygens (including phenoxy) is 2. The first-order chi connectivity index (χ1) is 8.78. The Morgan fingerprint density at radius 1 is 1.32 bits per heavy atom. The summed E-state index contributed by atoms with van der Waals surface area (Å²) in [6.07, 6.45) is 1.93. The Hall–Kier alpha value is -1.10. The fourth-order valence-electron chi connectivity index (χ4n) is 1.93. The van der Waals surface area contributed by atoms with E-state index in [1.54, 1.807) is 11.8 Å². The van der Waals surface area contributed by atoms with Crippen LogP contribution in [0.3, 0.4) is 0 Å². The van der Waals surface area contributed by atoms with Crippen molar-refractivity contribution in [2.24, 2.45) is 0 Å². The molecule has 19 heavy (non-hydrogen) atoms. The van der Waals surface area contributed by atoms with Crippen LogP contribution in [-0.4, -0.2) is 48.2 Å². The first-order valence-electron chi connectivity index (χ1n) is 6.87. The van der Waals surface area contributed by atoms with Gasteiger partial charge >= 0.3 is 6.09 Å². The highest BCUT2D eigenvalue weighted by Crippen LogP contribution is 2.17. The average molecular weight is 271 g/mol. The zero-order valence-corrected chi connectivity index (χ0v) is 12.4. The molecule has 1 atom stereocenters. The van der Waals surface area contributed by atoms with Gasteiger partial charge in [-0.05, 0) is 40.5 Å². The molecular weight excluding hydrogens is 246 g/mol. The number of nitrogens with zero attached hydrogens (tertiary/aromatic N) is 1. The van der Waals surface area contributed by atoms with Crippen LogP contribution in [-0.2, 0) is 14.3 Å². The maximum Gasteiger partial charge on any atom is 0.410 e. The van der Waals surface area contributed by atoms with Crippen molar-refractivity contribution in [1.82, 2.24) is 4.90 Å². The van der Waals surface area contributed by atoms with Gasteiger partial charge in [0, 0.05) is 19.6 Å². The Labute approximate surface area is 115 Å². The lowest BCUT2D eigenvalue weighted by molar-refractivity contribution is -0.117. The summed E-state index contributed by atoms with van der Waals surface area (Å²) in [5.74, 6) is 0.186. The summed E-state index contributed by atoms with van der Waals surface area (Å²) in [6, 6.07) is 0. The molecule has 1 aliphatic rings. The van der Waals surface area contributed by atoms with E-state index in [1.807, 2.05) is 20.8 Å². The van der Waals surface area contributed by atoms with E-state index >= 15 is 0 Å². The molecule has 1 aliphatic heterocycles. The van der Waals surface area contributed by atoms with Gasteiger partial charge in [0.1, 0.15) is 11.4 Å². The second-order valence-corrected chi connectivity index (χ2v) is 6.01. The molecule has 1 amide bonds. The van der Waals surface area contributed by atoms with Gasteiger partial charge in [-0.1, -0.05) is 0 Å². The number of rotatable bonds is 5. The van der Waals surface area contributed by atoms with Gasteiger partial charge in [-0.15, -0.1) is 0 Å². The van der Waals surface area contributed by atoms with E-state index in [2.05, 4.69) is 0 Å². The zero-order chi connectivity index (χ0) is 14.5. The van der Waals surface area contributed by atoms with Crippen molar-refractivity contribution in [3.63, 3.8) is 0 Å². The van der Waals surface area contributed by atoms with E-state index in [-0.39, 0.29) is 18.0 Å². The van der Waals surface area contributed by atoms with Crippen molar-refractivity contribution in [3.8, 4) is 0 Å². The minimum atomic E-state index is -0.461. The third kappa shape index (κ3) is 6.57. The molecule has 5 nitrogen and oxygen atoms in total. The normalized spacial score (nSPS) is 19.6. The highest BCUT2D eigenvalue weighted by atomic mass is 16.6. The molecule has 1 heterocycles. The second-order valence-electron chi connectivity index (χ2n) is 6.01. The summed E-state index contributed by atoms with van der Waals surface area (Å²) < 4.78 is 11.0. The third-order valence-electron chi connectivity index (χ3n) is 2.82. The van der Waals surface area contributed by atoms with Crippen LogP contribution in [0.4, 0.5) is 4.79 Å². The summed E-state index contributed by atoms with van der Waals surface area (Å²) in [4.78, 5) is 24.3. The van der Waals surface area contributed by atoms with E-state index in [9.17, 15) is 9.59 Å². The minimum Gasteiger partial charge on any atom is -0.444 e. The summed E-state index contributed by atoms with van der Waals surface area (Å²) in [5, 5.41) is 0. The quantitative estimate of drug-likeness (QED) is 0.720. The minimum absolute atomic E-state index is 0.0690. The number of carbonyl (C=O) groups excluding carboxylic acids is 2. The number of hydrogen-bond acceptors (Lipinski definition) is 4. The van der Waals surface area contributed by atoms with Gasteiger partial charge in [0.05, 0.1) is 12.6 Å². The van der Waals surface area contributed by atoms with Crippen molar-refractivity contribution < 1.29 is 19.1 Å². The second kappa shape index (κ2) is 6.89. The summed E-state index contributed by atoms with van der Waals surface area (Å²) in [6.45, 7) is 8.98. The standard InChI is InChI=1S/C14H25NO4/c1-11(16)6-5-9-18-12-7-8-15(10-12)13(17)19-14(2,3)4/h12H,5-10H2,1-4H3/t12-/m0/s1. The number of hydrogen-bond donors (Lipinski definition) is 0. The van der Waals surface area contributed by atoms with Crippen molar-refractivity contribution >= 4 is 11.9 Å². The van der Waals surface area contributed by atoms with E-state index < -0.39 is 5.60 Å². The van der Waals surface area contributed by atoms with E-state index in [0.717, 1.165) is 12.8 Å². The smallest absolute Gasteiger partial charge is 0.410 e. The Morgan fingerprint density at radius 2 is 2.00 bits per heavy atom. The van der Waals surface area contributed by atoms with Crippen LogP contribution in [0.2, 0.25) is 0 Å². The van der Waals surface area contributed by atoms with Crippen LogP contribution in [0.15, 0.2) is 0 Å². The molecule has 0 unspecified atom stereocenters. The van der Waals surface area contributed by atoms with Gasteiger partial charge in [-0.2, -0.15) is 0 Å². The molecule has 0 aromatic rings. The Kier molecular flexibility index (Phi) is 5.79. The number of Topliss-reactive ketones (excluding diaryl/α,β-unsaturated/α-hetero) is 1. The van der Waals surface area contributed by atoms with Crippen LogP contribution in [0.1, 0.15) is 47.0 Å². The number of carbonyl (C=O) groups is 2. The molecule has 0 aliphatic carbocycles. The first kappa shape index (κ1) is 16.0. The van der Waals surface area contributed by atoms with Crippen molar-refractivity contribution in [1.29, 1.82) is 0 Å². The lowest BCUT2D eigenvalue weighted by Gasteiger charge is -2.24. The monoisotopic (exact) mass is 271 g/mol. The predicted molar refractivity (Wildman–Crippen MR) is 72.1 cm³/mol. The van der Waals surface area contributed by atoms with Gasteiger partial charge < -0.3 is 19.2 Å². The van der Waals surface area contributed by atoms with Crippen molar-refractivity contribution in [2.45, 2.75) is 58.7 Å². The lowest BCUT2D eigenvalue weighted by atomic mass is 10.2.